The van der Waals surface area contributed by atoms with Crippen molar-refractivity contribution in [2.45, 2.75) is 208 Å². The second-order valence-electron chi connectivity index (χ2n) is 10.7. The minimum Gasteiger partial charge on any atom is -0.550 e. The predicted molar refractivity (Wildman–Crippen MR) is 170 cm³/mol. The van der Waals surface area contributed by atoms with Gasteiger partial charge in [0, 0.05) is 11.9 Å². The van der Waals surface area contributed by atoms with Gasteiger partial charge in [0.05, 0.1) is 0 Å². The molecule has 0 heterocycles. The van der Waals surface area contributed by atoms with Crippen molar-refractivity contribution >= 4 is 35.8 Å². The fourth-order valence-electron chi connectivity index (χ4n) is 4.57. The first-order valence-corrected chi connectivity index (χ1v) is 15.9. The molecule has 2 radical (unpaired) electrons. The van der Waals surface area contributed by atoms with E-state index in [1.807, 2.05) is 0 Å². The largest absolute Gasteiger partial charge is 2.00 e. The summed E-state index contributed by atoms with van der Waals surface area (Å²) in [5.74, 6) is -1.81. The number of carbonyl (C=O) groups excluding carboxylic acids is 2. The predicted octanol–water partition coefficient (Wildman–Crippen LogP) is 9.33. The van der Waals surface area contributed by atoms with Crippen LogP contribution >= 0.6 is 0 Å². The summed E-state index contributed by atoms with van der Waals surface area (Å²) in [6.45, 7) is 4.51. The van der Waals surface area contributed by atoms with Crippen LogP contribution < -0.4 is 10.2 Å². The van der Waals surface area contributed by atoms with E-state index in [9.17, 15) is 19.8 Å². The second kappa shape index (κ2) is 44.7. The van der Waals surface area contributed by atoms with Crippen LogP contribution in [-0.4, -0.2) is 35.8 Å². The average Bonchev–Trinajstić information content (AvgIpc) is 2.85. The Hall–Kier alpha value is -0.261. The van der Waals surface area contributed by atoms with Gasteiger partial charge in [0.25, 0.3) is 0 Å². The van der Waals surface area contributed by atoms with Gasteiger partial charge in [0.15, 0.2) is 0 Å². The molecule has 5 heteroatoms. The maximum atomic E-state index is 10.2. The van der Waals surface area contributed by atoms with Gasteiger partial charge in [-0.3, -0.25) is 0 Å². The SMILES string of the molecule is C.C.CCCCCCCCCCCCCCCC(=O)[O-].CCCCCCCCCCCCCCCC(=O)[O-].[Sn+2]. The van der Waals surface area contributed by atoms with E-state index in [-0.39, 0.29) is 51.6 Å². The molecular formula is C34H70O4Sn. The van der Waals surface area contributed by atoms with Gasteiger partial charge in [0.2, 0.25) is 0 Å². The standard InChI is InChI=1S/2C16H32O2.2CH4.Sn/c2*1-2-3-4-5-6-7-8-9-10-11-12-13-14-15-16(17)18;;;/h2*2-15H2,1H3,(H,17,18);2*1H4;/q;;;;+2/p-2. The van der Waals surface area contributed by atoms with Crippen molar-refractivity contribution in [3.63, 3.8) is 0 Å². The van der Waals surface area contributed by atoms with E-state index in [4.69, 9.17) is 0 Å². The van der Waals surface area contributed by atoms with Crippen LogP contribution in [0.1, 0.15) is 208 Å². The molecule has 0 spiro atoms. The van der Waals surface area contributed by atoms with E-state index in [1.165, 1.54) is 141 Å². The zero-order valence-electron chi connectivity index (χ0n) is 24.9. The number of carboxylic acid groups (broad SMARTS) is 2. The molecule has 0 aliphatic carbocycles. The van der Waals surface area contributed by atoms with Crippen LogP contribution in [0.2, 0.25) is 0 Å². The molecule has 0 aromatic rings. The molecule has 0 amide bonds. The Morgan fingerprint density at radius 2 is 0.513 bits per heavy atom. The average molecular weight is 662 g/mol. The Morgan fingerprint density at radius 3 is 0.667 bits per heavy atom. The second-order valence-corrected chi connectivity index (χ2v) is 10.7. The zero-order chi connectivity index (χ0) is 27.0. The molecule has 0 bridgehead atoms. The molecular weight excluding hydrogens is 591 g/mol. The van der Waals surface area contributed by atoms with Gasteiger partial charge in [-0.2, -0.15) is 0 Å². The van der Waals surface area contributed by atoms with Crippen LogP contribution in [0.5, 0.6) is 0 Å². The van der Waals surface area contributed by atoms with E-state index in [2.05, 4.69) is 13.8 Å². The summed E-state index contributed by atoms with van der Waals surface area (Å²) in [6, 6.07) is 0. The van der Waals surface area contributed by atoms with Crippen LogP contribution in [0.3, 0.4) is 0 Å². The minimum atomic E-state index is -0.905. The van der Waals surface area contributed by atoms with Crippen LogP contribution in [0.15, 0.2) is 0 Å². The van der Waals surface area contributed by atoms with Crippen LogP contribution in [0, 0.1) is 0 Å². The summed E-state index contributed by atoms with van der Waals surface area (Å²) in [5, 5.41) is 20.4. The Morgan fingerprint density at radius 1 is 0.359 bits per heavy atom. The number of unbranched alkanes of at least 4 members (excludes halogenated alkanes) is 24. The summed E-state index contributed by atoms with van der Waals surface area (Å²) in [7, 11) is 0. The van der Waals surface area contributed by atoms with Crippen molar-refractivity contribution < 1.29 is 19.8 Å². The topological polar surface area (TPSA) is 80.3 Å². The molecule has 0 unspecified atom stereocenters. The smallest absolute Gasteiger partial charge is 0.550 e. The number of aliphatic carboxylic acids is 2. The Balaban J connectivity index is -0.000000183. The summed E-state index contributed by atoms with van der Waals surface area (Å²) in [5.41, 5.74) is 0. The van der Waals surface area contributed by atoms with Crippen LogP contribution in [0.4, 0.5) is 0 Å². The maximum absolute atomic E-state index is 10.2. The summed E-state index contributed by atoms with van der Waals surface area (Å²) < 4.78 is 0. The molecule has 0 aliphatic rings. The quantitative estimate of drug-likeness (QED) is 0.0618. The molecule has 0 aliphatic heterocycles. The maximum Gasteiger partial charge on any atom is 2.00 e. The number of hydrogen-bond donors (Lipinski definition) is 0. The molecule has 39 heavy (non-hydrogen) atoms. The van der Waals surface area contributed by atoms with Gasteiger partial charge in [-0.25, -0.2) is 0 Å². The number of carbonyl (C=O) groups is 2. The van der Waals surface area contributed by atoms with Crippen molar-refractivity contribution in [3.8, 4) is 0 Å². The van der Waals surface area contributed by atoms with Crippen molar-refractivity contribution in [2.75, 3.05) is 0 Å². The summed E-state index contributed by atoms with van der Waals surface area (Å²) in [4.78, 5) is 20.4. The molecule has 4 nitrogen and oxygen atoms in total. The molecule has 0 saturated heterocycles. The summed E-state index contributed by atoms with van der Waals surface area (Å²) in [6.07, 6.45) is 33.9. The molecule has 0 N–H and O–H groups in total. The van der Waals surface area contributed by atoms with Crippen molar-refractivity contribution in [1.82, 2.24) is 0 Å². The molecule has 0 saturated carbocycles. The van der Waals surface area contributed by atoms with E-state index < -0.39 is 11.9 Å². The molecule has 0 aromatic heterocycles. The number of hydrogen-bond acceptors (Lipinski definition) is 4. The molecule has 0 rings (SSSR count). The Kier molecular flexibility index (Phi) is 55.6. The fourth-order valence-corrected chi connectivity index (χ4v) is 4.57. The number of carboxylic acids is 2. The molecule has 0 atom stereocenters. The molecule has 234 valence electrons. The Labute approximate surface area is 263 Å². The van der Waals surface area contributed by atoms with E-state index in [1.54, 1.807) is 0 Å². The third-order valence-electron chi connectivity index (χ3n) is 6.97. The van der Waals surface area contributed by atoms with Crippen molar-refractivity contribution in [3.05, 3.63) is 0 Å². The third kappa shape index (κ3) is 54.5. The van der Waals surface area contributed by atoms with Gasteiger partial charge in [-0.05, 0) is 25.7 Å². The number of rotatable bonds is 28. The van der Waals surface area contributed by atoms with Gasteiger partial charge >= 0.3 is 23.9 Å². The normalized spacial score (nSPS) is 9.90. The van der Waals surface area contributed by atoms with Crippen molar-refractivity contribution in [1.29, 1.82) is 0 Å². The molecule has 0 fully saturated rings. The van der Waals surface area contributed by atoms with Crippen LogP contribution in [0.25, 0.3) is 0 Å². The van der Waals surface area contributed by atoms with Gasteiger partial charge in [0.1, 0.15) is 0 Å². The fraction of sp³-hybridized carbons (Fsp3) is 0.941. The monoisotopic (exact) mass is 662 g/mol. The first-order chi connectivity index (χ1) is 17.5. The van der Waals surface area contributed by atoms with E-state index in [0.717, 1.165) is 25.7 Å². The summed E-state index contributed by atoms with van der Waals surface area (Å²) >= 11 is 0. The van der Waals surface area contributed by atoms with Crippen LogP contribution in [-0.2, 0) is 9.59 Å². The third-order valence-corrected chi connectivity index (χ3v) is 6.97. The first-order valence-electron chi connectivity index (χ1n) is 15.9. The van der Waals surface area contributed by atoms with Gasteiger partial charge in [-0.15, -0.1) is 0 Å². The van der Waals surface area contributed by atoms with Crippen molar-refractivity contribution in [2.24, 2.45) is 0 Å². The van der Waals surface area contributed by atoms with Gasteiger partial charge in [-0.1, -0.05) is 183 Å². The Bertz CT molecular complexity index is 403. The van der Waals surface area contributed by atoms with Gasteiger partial charge < -0.3 is 19.8 Å². The zero-order valence-corrected chi connectivity index (χ0v) is 27.8. The van der Waals surface area contributed by atoms with E-state index in [0.29, 0.717) is 0 Å². The first kappa shape index (κ1) is 48.5. The molecule has 0 aromatic carbocycles. The minimum absolute atomic E-state index is 0. The van der Waals surface area contributed by atoms with E-state index >= 15 is 0 Å².